The Kier molecular flexibility index (Phi) is 5.36. The van der Waals surface area contributed by atoms with Gasteiger partial charge in [0.15, 0.2) is 0 Å². The zero-order chi connectivity index (χ0) is 11.1. The molecule has 1 rings (SSSR count). The van der Waals surface area contributed by atoms with Gasteiger partial charge in [-0.25, -0.2) is 0 Å². The van der Waals surface area contributed by atoms with Crippen molar-refractivity contribution < 1.29 is 9.90 Å². The van der Waals surface area contributed by atoms with Gasteiger partial charge in [-0.1, -0.05) is 13.3 Å². The van der Waals surface area contributed by atoms with Gasteiger partial charge in [0.1, 0.15) is 6.04 Å². The van der Waals surface area contributed by atoms with Gasteiger partial charge in [0.25, 0.3) is 0 Å². The summed E-state index contributed by atoms with van der Waals surface area (Å²) in [5.74, 6) is -0.748. The van der Waals surface area contributed by atoms with Crippen molar-refractivity contribution >= 4 is 17.3 Å². The van der Waals surface area contributed by atoms with E-state index in [9.17, 15) is 4.79 Å². The SMILES string of the molecule is CCCC(NCCc1ccsc1)C(=O)O. The van der Waals surface area contributed by atoms with Gasteiger partial charge in [-0.05, 0) is 41.8 Å². The fraction of sp³-hybridized carbons (Fsp3) is 0.545. The van der Waals surface area contributed by atoms with Crippen LogP contribution in [0.5, 0.6) is 0 Å². The number of nitrogens with one attached hydrogen (secondary N) is 1. The fourth-order valence-corrected chi connectivity index (χ4v) is 2.13. The Morgan fingerprint density at radius 2 is 2.47 bits per heavy atom. The van der Waals surface area contributed by atoms with Crippen LogP contribution in [0.25, 0.3) is 0 Å². The van der Waals surface area contributed by atoms with E-state index in [-0.39, 0.29) is 0 Å². The predicted octanol–water partition coefficient (Wildman–Crippen LogP) is 2.13. The minimum absolute atomic E-state index is 0.395. The Morgan fingerprint density at radius 3 is 3.00 bits per heavy atom. The molecule has 0 aromatic carbocycles. The molecule has 84 valence electrons. The third-order valence-electron chi connectivity index (χ3n) is 2.26. The molecule has 1 aromatic heterocycles. The summed E-state index contributed by atoms with van der Waals surface area (Å²) >= 11 is 1.67. The highest BCUT2D eigenvalue weighted by Crippen LogP contribution is 2.06. The normalized spacial score (nSPS) is 12.6. The smallest absolute Gasteiger partial charge is 0.320 e. The molecule has 0 aliphatic rings. The van der Waals surface area contributed by atoms with Crippen molar-refractivity contribution in [3.8, 4) is 0 Å². The van der Waals surface area contributed by atoms with Crippen molar-refractivity contribution in [2.75, 3.05) is 6.54 Å². The van der Waals surface area contributed by atoms with E-state index in [1.165, 1.54) is 5.56 Å². The molecule has 1 atom stereocenters. The minimum atomic E-state index is -0.748. The molecule has 0 aliphatic carbocycles. The molecule has 0 saturated heterocycles. The number of hydrogen-bond acceptors (Lipinski definition) is 3. The van der Waals surface area contributed by atoms with Gasteiger partial charge in [-0.3, -0.25) is 4.79 Å². The van der Waals surface area contributed by atoms with E-state index in [1.54, 1.807) is 11.3 Å². The van der Waals surface area contributed by atoms with Gasteiger partial charge in [0.2, 0.25) is 0 Å². The average molecular weight is 227 g/mol. The highest BCUT2D eigenvalue weighted by atomic mass is 32.1. The standard InChI is InChI=1S/C11H17NO2S/c1-2-3-10(11(13)14)12-6-4-9-5-7-15-8-9/h5,7-8,10,12H,2-4,6H2,1H3,(H,13,14). The van der Waals surface area contributed by atoms with E-state index in [1.807, 2.05) is 12.3 Å². The van der Waals surface area contributed by atoms with Crippen molar-refractivity contribution in [3.63, 3.8) is 0 Å². The third kappa shape index (κ3) is 4.44. The molecular formula is C11H17NO2S. The molecule has 0 spiro atoms. The monoisotopic (exact) mass is 227 g/mol. The second-order valence-corrected chi connectivity index (χ2v) is 4.30. The number of thiophene rings is 1. The Balaban J connectivity index is 2.25. The van der Waals surface area contributed by atoms with E-state index in [4.69, 9.17) is 5.11 Å². The van der Waals surface area contributed by atoms with E-state index in [2.05, 4.69) is 16.8 Å². The summed E-state index contributed by atoms with van der Waals surface area (Å²) in [6, 6.07) is 1.68. The van der Waals surface area contributed by atoms with Gasteiger partial charge in [0.05, 0.1) is 0 Å². The summed E-state index contributed by atoms with van der Waals surface area (Å²) in [6.45, 7) is 2.73. The molecule has 1 aromatic rings. The quantitative estimate of drug-likeness (QED) is 0.750. The van der Waals surface area contributed by atoms with E-state index >= 15 is 0 Å². The summed E-state index contributed by atoms with van der Waals surface area (Å²) in [4.78, 5) is 10.8. The van der Waals surface area contributed by atoms with Crippen molar-refractivity contribution in [2.24, 2.45) is 0 Å². The lowest BCUT2D eigenvalue weighted by Gasteiger charge is -2.12. The van der Waals surface area contributed by atoms with Gasteiger partial charge >= 0.3 is 5.97 Å². The first-order valence-electron chi connectivity index (χ1n) is 5.21. The lowest BCUT2D eigenvalue weighted by molar-refractivity contribution is -0.139. The molecule has 0 fully saturated rings. The Hall–Kier alpha value is -0.870. The maximum Gasteiger partial charge on any atom is 0.320 e. The van der Waals surface area contributed by atoms with E-state index < -0.39 is 12.0 Å². The topological polar surface area (TPSA) is 49.3 Å². The lowest BCUT2D eigenvalue weighted by atomic mass is 10.1. The number of carboxylic acid groups (broad SMARTS) is 1. The van der Waals surface area contributed by atoms with Crippen molar-refractivity contribution in [3.05, 3.63) is 22.4 Å². The van der Waals surface area contributed by atoms with Crippen LogP contribution in [-0.2, 0) is 11.2 Å². The number of rotatable bonds is 7. The number of aliphatic carboxylic acids is 1. The zero-order valence-corrected chi connectivity index (χ0v) is 9.72. The largest absolute Gasteiger partial charge is 0.480 e. The molecule has 4 heteroatoms. The maximum absolute atomic E-state index is 10.8. The Bertz CT molecular complexity index is 285. The molecule has 1 unspecified atom stereocenters. The van der Waals surface area contributed by atoms with E-state index in [0.29, 0.717) is 6.42 Å². The number of hydrogen-bond donors (Lipinski definition) is 2. The van der Waals surface area contributed by atoms with Crippen molar-refractivity contribution in [2.45, 2.75) is 32.2 Å². The number of carbonyl (C=O) groups is 1. The Labute approximate surface area is 94.1 Å². The third-order valence-corrected chi connectivity index (χ3v) is 2.99. The summed E-state index contributed by atoms with van der Waals surface area (Å²) in [6.07, 6.45) is 2.48. The fourth-order valence-electron chi connectivity index (χ4n) is 1.43. The van der Waals surface area contributed by atoms with Crippen molar-refractivity contribution in [1.82, 2.24) is 5.32 Å². The molecule has 0 radical (unpaired) electrons. The van der Waals surface area contributed by atoms with Crippen LogP contribution >= 0.6 is 11.3 Å². The number of carboxylic acids is 1. The van der Waals surface area contributed by atoms with Gasteiger partial charge in [-0.15, -0.1) is 0 Å². The first-order chi connectivity index (χ1) is 7.24. The lowest BCUT2D eigenvalue weighted by Crippen LogP contribution is -2.37. The van der Waals surface area contributed by atoms with Crippen LogP contribution in [0.1, 0.15) is 25.3 Å². The molecule has 2 N–H and O–H groups in total. The predicted molar refractivity (Wildman–Crippen MR) is 62.4 cm³/mol. The van der Waals surface area contributed by atoms with Crippen LogP contribution in [0, 0.1) is 0 Å². The first kappa shape index (κ1) is 12.2. The highest BCUT2D eigenvalue weighted by molar-refractivity contribution is 7.07. The van der Waals surface area contributed by atoms with Crippen LogP contribution in [0.15, 0.2) is 16.8 Å². The summed E-state index contributed by atoms with van der Waals surface area (Å²) < 4.78 is 0. The molecule has 3 nitrogen and oxygen atoms in total. The summed E-state index contributed by atoms with van der Waals surface area (Å²) in [7, 11) is 0. The summed E-state index contributed by atoms with van der Waals surface area (Å²) in [5, 5.41) is 16.1. The van der Waals surface area contributed by atoms with Gasteiger partial charge in [-0.2, -0.15) is 11.3 Å². The van der Waals surface area contributed by atoms with Crippen molar-refractivity contribution in [1.29, 1.82) is 0 Å². The van der Waals surface area contributed by atoms with Gasteiger partial charge < -0.3 is 10.4 Å². The first-order valence-corrected chi connectivity index (χ1v) is 6.15. The van der Waals surface area contributed by atoms with Crippen LogP contribution < -0.4 is 5.32 Å². The molecule has 0 bridgehead atoms. The maximum atomic E-state index is 10.8. The van der Waals surface area contributed by atoms with Crippen LogP contribution in [-0.4, -0.2) is 23.7 Å². The average Bonchev–Trinajstić information content (AvgIpc) is 2.69. The molecule has 1 heterocycles. The van der Waals surface area contributed by atoms with E-state index in [0.717, 1.165) is 19.4 Å². The Morgan fingerprint density at radius 1 is 1.67 bits per heavy atom. The molecule has 0 aliphatic heterocycles. The van der Waals surface area contributed by atoms with Crippen LogP contribution in [0.4, 0.5) is 0 Å². The second kappa shape index (κ2) is 6.58. The van der Waals surface area contributed by atoms with Gasteiger partial charge in [0, 0.05) is 0 Å². The highest BCUT2D eigenvalue weighted by Gasteiger charge is 2.14. The molecular weight excluding hydrogens is 210 g/mol. The zero-order valence-electron chi connectivity index (χ0n) is 8.90. The molecule has 0 saturated carbocycles. The minimum Gasteiger partial charge on any atom is -0.480 e. The molecule has 0 amide bonds. The summed E-state index contributed by atoms with van der Waals surface area (Å²) in [5.41, 5.74) is 1.27. The van der Waals surface area contributed by atoms with Crippen LogP contribution in [0.3, 0.4) is 0 Å². The second-order valence-electron chi connectivity index (χ2n) is 3.52. The molecule has 15 heavy (non-hydrogen) atoms. The van der Waals surface area contributed by atoms with Crippen LogP contribution in [0.2, 0.25) is 0 Å².